The van der Waals surface area contributed by atoms with Gasteiger partial charge >= 0.3 is 6.09 Å². The molecule has 3 N–H and O–H groups in total. The molecule has 0 unspecified atom stereocenters. The predicted octanol–water partition coefficient (Wildman–Crippen LogP) is 1.24. The van der Waals surface area contributed by atoms with E-state index in [9.17, 15) is 18.8 Å². The molecule has 10 heteroatoms. The van der Waals surface area contributed by atoms with Crippen LogP contribution < -0.4 is 16.0 Å². The second kappa shape index (κ2) is 11.6. The molecule has 3 heterocycles. The molecular weight excluding hydrogens is 465 g/mol. The third kappa shape index (κ3) is 6.37. The topological polar surface area (TPSA) is 113 Å². The summed E-state index contributed by atoms with van der Waals surface area (Å²) in [4.78, 5) is 43.0. The van der Waals surface area contributed by atoms with E-state index < -0.39 is 18.3 Å². The van der Waals surface area contributed by atoms with Crippen LogP contribution in [0.25, 0.3) is 0 Å². The number of hydrogen-bond donors (Lipinski definition) is 3. The largest absolute Gasteiger partial charge is 0.453 e. The van der Waals surface area contributed by atoms with E-state index >= 15 is 0 Å². The van der Waals surface area contributed by atoms with Crippen LogP contribution in [0.15, 0.2) is 48.7 Å². The molecule has 2 aliphatic rings. The first kappa shape index (κ1) is 25.1. The van der Waals surface area contributed by atoms with Crippen LogP contribution in [0.2, 0.25) is 0 Å². The maximum absolute atomic E-state index is 13.4. The molecule has 3 amide bonds. The number of carbonyl (C=O) groups excluding carboxylic acids is 3. The van der Waals surface area contributed by atoms with E-state index in [1.165, 1.54) is 18.2 Å². The fourth-order valence-corrected chi connectivity index (χ4v) is 4.32. The van der Waals surface area contributed by atoms with Gasteiger partial charge in [-0.3, -0.25) is 9.59 Å². The van der Waals surface area contributed by atoms with Gasteiger partial charge in [-0.1, -0.05) is 30.0 Å². The fraction of sp³-hybridized carbons (Fsp3) is 0.385. The SMILES string of the molecule is COC(=O)N1C[C@H](NC(=O)[C@@H]2C[C@H](F)CN2)C[C@@H]1CNC(=O)c1ccc(C#Cc2ccccc2)cn1. The Kier molecular flexibility index (Phi) is 8.13. The maximum atomic E-state index is 13.4. The molecule has 188 valence electrons. The van der Waals surface area contributed by atoms with Crippen molar-refractivity contribution in [3.63, 3.8) is 0 Å². The van der Waals surface area contributed by atoms with E-state index in [0.29, 0.717) is 12.0 Å². The summed E-state index contributed by atoms with van der Waals surface area (Å²) in [7, 11) is 1.28. The second-order valence-electron chi connectivity index (χ2n) is 8.77. The summed E-state index contributed by atoms with van der Waals surface area (Å²) in [5, 5.41) is 8.52. The number of hydrogen-bond acceptors (Lipinski definition) is 6. The van der Waals surface area contributed by atoms with Gasteiger partial charge in [-0.15, -0.1) is 0 Å². The standard InChI is InChI=1S/C26H28FN5O4/c1-36-26(35)32-16-20(31-25(34)23-11-19(27)14-29-23)12-21(32)15-30-24(33)22-10-9-18(13-28-22)8-7-17-5-3-2-4-6-17/h2-6,9-10,13,19-21,23,29H,11-12,14-16H2,1H3,(H,30,33)(H,31,34)/t19-,20+,21+,23-/m0/s1. The molecule has 0 saturated carbocycles. The summed E-state index contributed by atoms with van der Waals surface area (Å²) in [6.45, 7) is 0.545. The van der Waals surface area contributed by atoms with Crippen LogP contribution in [0.3, 0.4) is 0 Å². The first-order valence-electron chi connectivity index (χ1n) is 11.8. The maximum Gasteiger partial charge on any atom is 0.409 e. The van der Waals surface area contributed by atoms with Crippen molar-refractivity contribution in [2.45, 2.75) is 37.1 Å². The van der Waals surface area contributed by atoms with Crippen molar-refractivity contribution in [2.75, 3.05) is 26.7 Å². The quantitative estimate of drug-likeness (QED) is 0.541. The first-order valence-corrected chi connectivity index (χ1v) is 11.8. The van der Waals surface area contributed by atoms with Crippen molar-refractivity contribution in [1.82, 2.24) is 25.8 Å². The van der Waals surface area contributed by atoms with Crippen LogP contribution in [0.4, 0.5) is 9.18 Å². The minimum absolute atomic E-state index is 0.127. The minimum atomic E-state index is -1.04. The molecule has 0 spiro atoms. The van der Waals surface area contributed by atoms with Gasteiger partial charge in [0, 0.05) is 49.4 Å². The van der Waals surface area contributed by atoms with E-state index in [2.05, 4.69) is 32.8 Å². The normalized spacial score (nSPS) is 22.9. The van der Waals surface area contributed by atoms with Gasteiger partial charge in [-0.25, -0.2) is 14.2 Å². The molecule has 2 fully saturated rings. The molecule has 2 aliphatic heterocycles. The molecule has 2 aromatic rings. The van der Waals surface area contributed by atoms with Gasteiger partial charge in [0.15, 0.2) is 0 Å². The van der Waals surface area contributed by atoms with Gasteiger partial charge in [0.05, 0.1) is 19.2 Å². The molecule has 0 bridgehead atoms. The first-order chi connectivity index (χ1) is 17.4. The number of pyridine rings is 1. The minimum Gasteiger partial charge on any atom is -0.453 e. The summed E-state index contributed by atoms with van der Waals surface area (Å²) in [6, 6.07) is 11.6. The Morgan fingerprint density at radius 1 is 1.14 bits per heavy atom. The predicted molar refractivity (Wildman–Crippen MR) is 130 cm³/mol. The van der Waals surface area contributed by atoms with Crippen molar-refractivity contribution in [1.29, 1.82) is 0 Å². The number of benzene rings is 1. The number of likely N-dealkylation sites (tertiary alicyclic amines) is 1. The van der Waals surface area contributed by atoms with Crippen molar-refractivity contribution in [2.24, 2.45) is 0 Å². The Labute approximate surface area is 208 Å². The summed E-state index contributed by atoms with van der Waals surface area (Å²) < 4.78 is 18.3. The number of carbonyl (C=O) groups is 3. The van der Waals surface area contributed by atoms with E-state index in [4.69, 9.17) is 4.74 Å². The highest BCUT2D eigenvalue weighted by Gasteiger charge is 2.38. The van der Waals surface area contributed by atoms with Crippen LogP contribution in [0.1, 0.15) is 34.5 Å². The smallest absolute Gasteiger partial charge is 0.409 e. The Hall–Kier alpha value is -3.97. The van der Waals surface area contributed by atoms with Crippen molar-refractivity contribution in [3.05, 3.63) is 65.5 Å². The summed E-state index contributed by atoms with van der Waals surface area (Å²) in [5.74, 6) is 5.36. The van der Waals surface area contributed by atoms with E-state index in [-0.39, 0.29) is 55.6 Å². The molecular formula is C26H28FN5O4. The van der Waals surface area contributed by atoms with Crippen LogP contribution >= 0.6 is 0 Å². The Morgan fingerprint density at radius 3 is 2.58 bits per heavy atom. The monoisotopic (exact) mass is 493 g/mol. The lowest BCUT2D eigenvalue weighted by Crippen LogP contribution is -2.46. The lowest BCUT2D eigenvalue weighted by molar-refractivity contribution is -0.123. The number of rotatable bonds is 5. The van der Waals surface area contributed by atoms with Crippen molar-refractivity contribution >= 4 is 17.9 Å². The number of aromatic nitrogens is 1. The molecule has 0 radical (unpaired) electrons. The van der Waals surface area contributed by atoms with Gasteiger partial charge in [0.25, 0.3) is 5.91 Å². The van der Waals surface area contributed by atoms with Gasteiger partial charge in [0.2, 0.25) is 5.91 Å². The Morgan fingerprint density at radius 2 is 1.92 bits per heavy atom. The molecule has 0 aliphatic carbocycles. The molecule has 2 saturated heterocycles. The van der Waals surface area contributed by atoms with E-state index in [0.717, 1.165) is 5.56 Å². The Bertz CT molecular complexity index is 1150. The highest BCUT2D eigenvalue weighted by molar-refractivity contribution is 5.92. The van der Waals surface area contributed by atoms with E-state index in [1.807, 2.05) is 30.3 Å². The van der Waals surface area contributed by atoms with Gasteiger partial charge in [-0.2, -0.15) is 0 Å². The average Bonchev–Trinajstić information content (AvgIpc) is 3.52. The molecule has 1 aromatic heterocycles. The number of methoxy groups -OCH3 is 1. The van der Waals surface area contributed by atoms with E-state index in [1.54, 1.807) is 12.1 Å². The summed E-state index contributed by atoms with van der Waals surface area (Å²) in [5.41, 5.74) is 1.78. The molecule has 1 aromatic carbocycles. The van der Waals surface area contributed by atoms with Crippen LogP contribution in [-0.4, -0.2) is 78.8 Å². The summed E-state index contributed by atoms with van der Waals surface area (Å²) >= 11 is 0. The Balaban J connectivity index is 1.32. The molecule has 9 nitrogen and oxygen atoms in total. The zero-order valence-electron chi connectivity index (χ0n) is 19.9. The lowest BCUT2D eigenvalue weighted by Gasteiger charge is -2.23. The highest BCUT2D eigenvalue weighted by Crippen LogP contribution is 2.20. The fourth-order valence-electron chi connectivity index (χ4n) is 4.32. The number of nitrogens with one attached hydrogen (secondary N) is 3. The number of nitrogens with zero attached hydrogens (tertiary/aromatic N) is 2. The zero-order chi connectivity index (χ0) is 25.5. The van der Waals surface area contributed by atoms with Gasteiger partial charge < -0.3 is 25.6 Å². The number of amides is 3. The van der Waals surface area contributed by atoms with Crippen molar-refractivity contribution in [3.8, 4) is 11.8 Å². The summed E-state index contributed by atoms with van der Waals surface area (Å²) in [6.07, 6.45) is 0.494. The van der Waals surface area contributed by atoms with Crippen LogP contribution in [-0.2, 0) is 9.53 Å². The second-order valence-corrected chi connectivity index (χ2v) is 8.77. The van der Waals surface area contributed by atoms with Gasteiger partial charge in [-0.05, 0) is 30.7 Å². The third-order valence-corrected chi connectivity index (χ3v) is 6.18. The number of halogens is 1. The number of alkyl halides is 1. The highest BCUT2D eigenvalue weighted by atomic mass is 19.1. The average molecular weight is 494 g/mol. The molecule has 4 rings (SSSR count). The lowest BCUT2D eigenvalue weighted by atomic mass is 10.1. The zero-order valence-corrected chi connectivity index (χ0v) is 19.9. The van der Waals surface area contributed by atoms with Crippen molar-refractivity contribution < 1.29 is 23.5 Å². The van der Waals surface area contributed by atoms with Gasteiger partial charge in [0.1, 0.15) is 11.9 Å². The van der Waals surface area contributed by atoms with Crippen LogP contribution in [0, 0.1) is 11.8 Å². The number of ether oxygens (including phenoxy) is 1. The third-order valence-electron chi connectivity index (χ3n) is 6.18. The van der Waals surface area contributed by atoms with Crippen LogP contribution in [0.5, 0.6) is 0 Å². The molecule has 4 atom stereocenters. The molecule has 36 heavy (non-hydrogen) atoms.